The first-order chi connectivity index (χ1) is 30.7. The van der Waals surface area contributed by atoms with Crippen molar-refractivity contribution in [2.24, 2.45) is 0 Å². The van der Waals surface area contributed by atoms with Gasteiger partial charge < -0.3 is 0 Å². The molecule has 0 amide bonds. The summed E-state index contributed by atoms with van der Waals surface area (Å²) in [6.07, 6.45) is 0. The first kappa shape index (κ1) is 35.1. The molecule has 11 aromatic rings. The van der Waals surface area contributed by atoms with E-state index in [2.05, 4.69) is 152 Å². The largest absolute Gasteiger partial charge is 0.208 e. The summed E-state index contributed by atoms with van der Waals surface area (Å²) in [5.41, 5.74) is 12.6. The summed E-state index contributed by atoms with van der Waals surface area (Å²) in [5.74, 6) is 1.96. The van der Waals surface area contributed by atoms with E-state index in [0.717, 1.165) is 22.3 Å². The summed E-state index contributed by atoms with van der Waals surface area (Å²) in [6, 6.07) is 77.0. The maximum Gasteiger partial charge on any atom is 0.164 e. The first-order valence-corrected chi connectivity index (χ1v) is 21.9. The van der Waals surface area contributed by atoms with Crippen LogP contribution < -0.4 is 0 Å². The van der Waals surface area contributed by atoms with Crippen LogP contribution in [0.3, 0.4) is 0 Å². The molecule has 288 valence electrons. The fourth-order valence-electron chi connectivity index (χ4n) is 10.3. The lowest BCUT2D eigenvalue weighted by Crippen LogP contribution is -2.32. The predicted molar refractivity (Wildman–Crippen MR) is 256 cm³/mol. The molecule has 2 aliphatic rings. The van der Waals surface area contributed by atoms with E-state index in [0.29, 0.717) is 17.5 Å². The van der Waals surface area contributed by atoms with Gasteiger partial charge in [0.05, 0.1) is 5.41 Å². The topological polar surface area (TPSA) is 38.7 Å². The number of rotatable bonds is 4. The zero-order valence-electron chi connectivity index (χ0n) is 33.5. The monoisotopic (exact) mass is 805 g/mol. The minimum atomic E-state index is -0.521. The molecular formula is C58H35N3S. The third kappa shape index (κ3) is 5.11. The maximum absolute atomic E-state index is 5.02. The summed E-state index contributed by atoms with van der Waals surface area (Å²) in [5, 5.41) is 7.74. The van der Waals surface area contributed by atoms with E-state index < -0.39 is 5.41 Å². The molecule has 2 heterocycles. The molecule has 0 radical (unpaired) electrons. The highest BCUT2D eigenvalue weighted by molar-refractivity contribution is 7.99. The average molecular weight is 806 g/mol. The van der Waals surface area contributed by atoms with Crippen LogP contribution in [0.4, 0.5) is 0 Å². The molecule has 0 fully saturated rings. The molecule has 1 atom stereocenters. The molecule has 3 nitrogen and oxygen atoms in total. The zero-order valence-corrected chi connectivity index (χ0v) is 34.3. The van der Waals surface area contributed by atoms with Gasteiger partial charge in [0.25, 0.3) is 0 Å². The smallest absolute Gasteiger partial charge is 0.164 e. The number of aromatic nitrogens is 3. The van der Waals surface area contributed by atoms with Crippen LogP contribution in [0.1, 0.15) is 22.3 Å². The van der Waals surface area contributed by atoms with Gasteiger partial charge in [0, 0.05) is 26.5 Å². The quantitative estimate of drug-likeness (QED) is 0.166. The van der Waals surface area contributed by atoms with Gasteiger partial charge in [-0.3, -0.25) is 0 Å². The summed E-state index contributed by atoms with van der Waals surface area (Å²) in [4.78, 5) is 17.5. The van der Waals surface area contributed by atoms with Crippen LogP contribution in [0.25, 0.3) is 88.7 Å². The molecule has 1 aromatic heterocycles. The second-order valence-electron chi connectivity index (χ2n) is 16.2. The molecule has 0 saturated carbocycles. The molecule has 1 spiro atoms. The van der Waals surface area contributed by atoms with E-state index in [9.17, 15) is 0 Å². The standard InChI is InChI=1S/C58H35N3S/c1-3-16-37(17-4-1)55-59-56(38-18-5-2-6-19-38)61-57(60-55)39-32-30-36(31-33-39)40-25-15-28-51-54(40)62-53-29-14-13-27-50(53)58(51)49-26-12-11-24-45(49)48-34-46-43-22-9-7-20-41(43)42-21-8-10-23-44(42)47(46)35-52(48)58/h1-35H. The lowest BCUT2D eigenvalue weighted by atomic mass is 9.66. The number of hydrogen-bond donors (Lipinski definition) is 0. The van der Waals surface area contributed by atoms with Crippen LogP contribution in [0, 0.1) is 0 Å². The van der Waals surface area contributed by atoms with Crippen LogP contribution in [0.15, 0.2) is 222 Å². The second-order valence-corrected chi connectivity index (χ2v) is 17.3. The van der Waals surface area contributed by atoms with E-state index in [1.54, 1.807) is 0 Å². The fraction of sp³-hybridized carbons (Fsp3) is 0.0172. The first-order valence-electron chi connectivity index (χ1n) is 21.1. The van der Waals surface area contributed by atoms with Gasteiger partial charge in [-0.1, -0.05) is 206 Å². The highest BCUT2D eigenvalue weighted by Crippen LogP contribution is 2.64. The normalized spacial score (nSPS) is 14.8. The highest BCUT2D eigenvalue weighted by Gasteiger charge is 2.50. The minimum absolute atomic E-state index is 0.521. The Morgan fingerprint density at radius 1 is 0.290 bits per heavy atom. The van der Waals surface area contributed by atoms with Crippen LogP contribution in [-0.4, -0.2) is 15.0 Å². The van der Waals surface area contributed by atoms with Crippen molar-refractivity contribution >= 4 is 44.1 Å². The van der Waals surface area contributed by atoms with Crippen molar-refractivity contribution < 1.29 is 0 Å². The van der Waals surface area contributed by atoms with Gasteiger partial charge in [0.15, 0.2) is 17.5 Å². The van der Waals surface area contributed by atoms with Crippen molar-refractivity contribution in [2.75, 3.05) is 0 Å². The van der Waals surface area contributed by atoms with Crippen molar-refractivity contribution in [1.29, 1.82) is 0 Å². The lowest BCUT2D eigenvalue weighted by molar-refractivity contribution is 0.724. The van der Waals surface area contributed by atoms with Crippen molar-refractivity contribution in [3.8, 4) is 56.4 Å². The lowest BCUT2D eigenvalue weighted by Gasteiger charge is -2.40. The Kier molecular flexibility index (Phi) is 7.75. The molecular weight excluding hydrogens is 771 g/mol. The van der Waals surface area contributed by atoms with Crippen molar-refractivity contribution in [3.05, 3.63) is 235 Å². The third-order valence-corrected chi connectivity index (χ3v) is 14.2. The maximum atomic E-state index is 5.02. The van der Waals surface area contributed by atoms with Gasteiger partial charge in [-0.25, -0.2) is 15.0 Å². The Hall–Kier alpha value is -7.66. The molecule has 4 heteroatoms. The number of fused-ring (bicyclic) bond motifs is 15. The number of nitrogens with zero attached hydrogens (tertiary/aromatic N) is 3. The predicted octanol–water partition coefficient (Wildman–Crippen LogP) is 14.8. The SMILES string of the molecule is c1ccc(-c2nc(-c3ccccc3)nc(-c3ccc(-c4cccc5c4Sc4ccccc4C54c5ccccc5-c5cc6c7ccccc7c7ccccc7c6cc54)cc3)n2)cc1. The van der Waals surface area contributed by atoms with Crippen molar-refractivity contribution in [1.82, 2.24) is 15.0 Å². The molecule has 1 unspecified atom stereocenters. The van der Waals surface area contributed by atoms with Crippen molar-refractivity contribution in [3.63, 3.8) is 0 Å². The van der Waals surface area contributed by atoms with Gasteiger partial charge in [0.2, 0.25) is 0 Å². The third-order valence-electron chi connectivity index (χ3n) is 13.0. The Labute approximate surface area is 363 Å². The molecule has 0 N–H and O–H groups in total. The van der Waals surface area contributed by atoms with Crippen LogP contribution in [0.5, 0.6) is 0 Å². The van der Waals surface area contributed by atoms with E-state index in [-0.39, 0.29) is 0 Å². The number of hydrogen-bond acceptors (Lipinski definition) is 4. The molecule has 1 aliphatic heterocycles. The molecule has 0 bridgehead atoms. The van der Waals surface area contributed by atoms with E-state index in [1.807, 2.05) is 72.4 Å². The van der Waals surface area contributed by atoms with Crippen LogP contribution in [-0.2, 0) is 5.41 Å². The second kappa shape index (κ2) is 13.7. The van der Waals surface area contributed by atoms with Gasteiger partial charge in [-0.2, -0.15) is 0 Å². The fourth-order valence-corrected chi connectivity index (χ4v) is 11.6. The summed E-state index contributed by atoms with van der Waals surface area (Å²) >= 11 is 1.89. The highest BCUT2D eigenvalue weighted by atomic mass is 32.2. The Morgan fingerprint density at radius 3 is 1.37 bits per heavy atom. The summed E-state index contributed by atoms with van der Waals surface area (Å²) < 4.78 is 0. The summed E-state index contributed by atoms with van der Waals surface area (Å²) in [6.45, 7) is 0. The average Bonchev–Trinajstić information content (AvgIpc) is 3.63. The van der Waals surface area contributed by atoms with E-state index >= 15 is 0 Å². The molecule has 10 aromatic carbocycles. The Balaban J connectivity index is 1.02. The Bertz CT molecular complexity index is 3540. The molecule has 0 saturated heterocycles. The van der Waals surface area contributed by atoms with Gasteiger partial charge >= 0.3 is 0 Å². The molecule has 13 rings (SSSR count). The summed E-state index contributed by atoms with van der Waals surface area (Å²) in [7, 11) is 0. The van der Waals surface area contributed by atoms with Gasteiger partial charge in [-0.15, -0.1) is 0 Å². The zero-order chi connectivity index (χ0) is 40.8. The van der Waals surface area contributed by atoms with Crippen LogP contribution >= 0.6 is 11.8 Å². The van der Waals surface area contributed by atoms with E-state index in [1.165, 1.54) is 81.1 Å². The van der Waals surface area contributed by atoms with Crippen LogP contribution in [0.2, 0.25) is 0 Å². The molecule has 62 heavy (non-hydrogen) atoms. The van der Waals surface area contributed by atoms with E-state index in [4.69, 9.17) is 15.0 Å². The van der Waals surface area contributed by atoms with Gasteiger partial charge in [-0.05, 0) is 95.0 Å². The van der Waals surface area contributed by atoms with Crippen molar-refractivity contribution in [2.45, 2.75) is 15.2 Å². The number of benzene rings is 10. The minimum Gasteiger partial charge on any atom is -0.208 e. The van der Waals surface area contributed by atoms with Gasteiger partial charge in [0.1, 0.15) is 0 Å². The molecule has 1 aliphatic carbocycles. The Morgan fingerprint density at radius 2 is 0.742 bits per heavy atom.